The standard InChI is InChI=1S/C11H18O3/c1-2-14-11(13)8-7-9-5-3-4-6-10(9)12/h9H,2-8H2,1H3/t9-/m0/s1. The van der Waals surface area contributed by atoms with Gasteiger partial charge >= 0.3 is 5.97 Å². The van der Waals surface area contributed by atoms with Gasteiger partial charge in [0, 0.05) is 18.8 Å². The van der Waals surface area contributed by atoms with Crippen LogP contribution in [0.1, 0.15) is 45.4 Å². The Morgan fingerprint density at radius 1 is 1.50 bits per heavy atom. The van der Waals surface area contributed by atoms with Crippen molar-refractivity contribution in [3.8, 4) is 0 Å². The lowest BCUT2D eigenvalue weighted by Crippen LogP contribution is -2.20. The van der Waals surface area contributed by atoms with Crippen LogP contribution in [0.2, 0.25) is 0 Å². The first-order chi connectivity index (χ1) is 6.74. The fourth-order valence-corrected chi connectivity index (χ4v) is 1.89. The average molecular weight is 198 g/mol. The van der Waals surface area contributed by atoms with Crippen LogP contribution < -0.4 is 0 Å². The Kier molecular flexibility index (Phi) is 4.63. The van der Waals surface area contributed by atoms with Gasteiger partial charge in [0.15, 0.2) is 0 Å². The second-order valence-electron chi connectivity index (χ2n) is 3.75. The first-order valence-corrected chi connectivity index (χ1v) is 5.42. The molecule has 0 aromatic heterocycles. The van der Waals surface area contributed by atoms with E-state index in [4.69, 9.17) is 4.74 Å². The number of carbonyl (C=O) groups is 2. The molecule has 80 valence electrons. The van der Waals surface area contributed by atoms with Gasteiger partial charge in [-0.2, -0.15) is 0 Å². The number of ether oxygens (including phenoxy) is 1. The van der Waals surface area contributed by atoms with Crippen LogP contribution in [0, 0.1) is 5.92 Å². The van der Waals surface area contributed by atoms with Gasteiger partial charge in [-0.05, 0) is 26.2 Å². The fraction of sp³-hybridized carbons (Fsp3) is 0.818. The molecule has 0 aromatic carbocycles. The Bertz CT molecular complexity index is 211. The maximum Gasteiger partial charge on any atom is 0.305 e. The molecule has 1 aliphatic carbocycles. The molecule has 1 rings (SSSR count). The Morgan fingerprint density at radius 3 is 2.93 bits per heavy atom. The summed E-state index contributed by atoms with van der Waals surface area (Å²) in [6.45, 7) is 2.22. The van der Waals surface area contributed by atoms with Gasteiger partial charge in [0.05, 0.1) is 6.61 Å². The molecule has 0 radical (unpaired) electrons. The molecule has 1 atom stereocenters. The van der Waals surface area contributed by atoms with E-state index in [1.54, 1.807) is 6.92 Å². The number of Topliss-reactive ketones (excluding diaryl/α,β-unsaturated/α-hetero) is 1. The van der Waals surface area contributed by atoms with Gasteiger partial charge in [-0.25, -0.2) is 0 Å². The Morgan fingerprint density at radius 2 is 2.29 bits per heavy atom. The van der Waals surface area contributed by atoms with Crippen molar-refractivity contribution in [2.24, 2.45) is 5.92 Å². The number of rotatable bonds is 4. The topological polar surface area (TPSA) is 43.4 Å². The van der Waals surface area contributed by atoms with Crippen molar-refractivity contribution in [2.45, 2.75) is 45.4 Å². The maximum absolute atomic E-state index is 11.4. The molecular formula is C11H18O3. The Labute approximate surface area is 84.8 Å². The van der Waals surface area contributed by atoms with Crippen LogP contribution in [0.3, 0.4) is 0 Å². The summed E-state index contributed by atoms with van der Waals surface area (Å²) in [5, 5.41) is 0. The van der Waals surface area contributed by atoms with Crippen molar-refractivity contribution in [1.29, 1.82) is 0 Å². The van der Waals surface area contributed by atoms with Crippen LogP contribution in [0.4, 0.5) is 0 Å². The van der Waals surface area contributed by atoms with Crippen molar-refractivity contribution in [1.82, 2.24) is 0 Å². The molecule has 0 saturated heterocycles. The first kappa shape index (κ1) is 11.2. The summed E-state index contributed by atoms with van der Waals surface area (Å²) < 4.78 is 4.82. The molecular weight excluding hydrogens is 180 g/mol. The van der Waals surface area contributed by atoms with Crippen LogP contribution in [-0.4, -0.2) is 18.4 Å². The quantitative estimate of drug-likeness (QED) is 0.650. The Balaban J connectivity index is 2.22. The fourth-order valence-electron chi connectivity index (χ4n) is 1.89. The molecule has 1 aliphatic rings. The predicted molar refractivity (Wildman–Crippen MR) is 52.8 cm³/mol. The minimum atomic E-state index is -0.175. The zero-order valence-electron chi connectivity index (χ0n) is 8.75. The monoisotopic (exact) mass is 198 g/mol. The van der Waals surface area contributed by atoms with Gasteiger partial charge in [0.2, 0.25) is 0 Å². The molecule has 0 aromatic rings. The molecule has 1 saturated carbocycles. The highest BCUT2D eigenvalue weighted by molar-refractivity contribution is 5.82. The van der Waals surface area contributed by atoms with E-state index in [2.05, 4.69) is 0 Å². The minimum absolute atomic E-state index is 0.119. The third-order valence-electron chi connectivity index (χ3n) is 2.68. The van der Waals surface area contributed by atoms with Crippen LogP contribution in [-0.2, 0) is 14.3 Å². The summed E-state index contributed by atoms with van der Waals surface area (Å²) in [7, 11) is 0. The third-order valence-corrected chi connectivity index (χ3v) is 2.68. The SMILES string of the molecule is CCOC(=O)CC[C@@H]1CCCCC1=O. The number of hydrogen-bond donors (Lipinski definition) is 0. The van der Waals surface area contributed by atoms with E-state index in [0.717, 1.165) is 19.3 Å². The van der Waals surface area contributed by atoms with Gasteiger partial charge in [-0.1, -0.05) is 6.42 Å². The van der Waals surface area contributed by atoms with E-state index >= 15 is 0 Å². The minimum Gasteiger partial charge on any atom is -0.466 e. The van der Waals surface area contributed by atoms with E-state index in [-0.39, 0.29) is 11.9 Å². The number of carbonyl (C=O) groups excluding carboxylic acids is 2. The molecule has 3 heteroatoms. The number of ketones is 1. The molecule has 0 amide bonds. The molecule has 14 heavy (non-hydrogen) atoms. The molecule has 0 spiro atoms. The first-order valence-electron chi connectivity index (χ1n) is 5.42. The van der Waals surface area contributed by atoms with Crippen molar-refractivity contribution in [3.05, 3.63) is 0 Å². The molecule has 0 N–H and O–H groups in total. The highest BCUT2D eigenvalue weighted by atomic mass is 16.5. The van der Waals surface area contributed by atoms with Crippen molar-refractivity contribution < 1.29 is 14.3 Å². The van der Waals surface area contributed by atoms with E-state index in [1.807, 2.05) is 0 Å². The average Bonchev–Trinajstić information content (AvgIpc) is 2.17. The lowest BCUT2D eigenvalue weighted by molar-refractivity contribution is -0.143. The zero-order chi connectivity index (χ0) is 10.4. The van der Waals surface area contributed by atoms with Crippen LogP contribution in [0.25, 0.3) is 0 Å². The van der Waals surface area contributed by atoms with Gasteiger partial charge < -0.3 is 4.74 Å². The largest absolute Gasteiger partial charge is 0.466 e. The smallest absolute Gasteiger partial charge is 0.305 e. The van der Waals surface area contributed by atoms with Crippen LogP contribution in [0.15, 0.2) is 0 Å². The van der Waals surface area contributed by atoms with E-state index in [9.17, 15) is 9.59 Å². The van der Waals surface area contributed by atoms with Crippen molar-refractivity contribution in [3.63, 3.8) is 0 Å². The maximum atomic E-state index is 11.4. The summed E-state index contributed by atoms with van der Waals surface area (Å²) in [5.74, 6) is 0.277. The second kappa shape index (κ2) is 5.78. The summed E-state index contributed by atoms with van der Waals surface area (Å²) in [6, 6.07) is 0. The summed E-state index contributed by atoms with van der Waals surface area (Å²) in [4.78, 5) is 22.5. The van der Waals surface area contributed by atoms with Crippen LogP contribution >= 0.6 is 0 Å². The molecule has 0 aliphatic heterocycles. The normalized spacial score (nSPS) is 22.1. The van der Waals surface area contributed by atoms with Crippen molar-refractivity contribution in [2.75, 3.05) is 6.61 Å². The molecule has 0 bridgehead atoms. The summed E-state index contributed by atoms with van der Waals surface area (Å²) in [5.41, 5.74) is 0. The van der Waals surface area contributed by atoms with Gasteiger partial charge in [-0.15, -0.1) is 0 Å². The second-order valence-corrected chi connectivity index (χ2v) is 3.75. The van der Waals surface area contributed by atoms with E-state index < -0.39 is 0 Å². The summed E-state index contributed by atoms with van der Waals surface area (Å²) >= 11 is 0. The van der Waals surface area contributed by atoms with Crippen molar-refractivity contribution >= 4 is 11.8 Å². The predicted octanol–water partition coefficient (Wildman–Crippen LogP) is 2.09. The van der Waals surface area contributed by atoms with Crippen LogP contribution in [0.5, 0.6) is 0 Å². The highest BCUT2D eigenvalue weighted by Gasteiger charge is 2.22. The highest BCUT2D eigenvalue weighted by Crippen LogP contribution is 2.24. The number of hydrogen-bond acceptors (Lipinski definition) is 3. The lowest BCUT2D eigenvalue weighted by Gasteiger charge is -2.19. The van der Waals surface area contributed by atoms with Gasteiger partial charge in [-0.3, -0.25) is 9.59 Å². The van der Waals surface area contributed by atoms with Gasteiger partial charge in [0.1, 0.15) is 5.78 Å². The molecule has 0 unspecified atom stereocenters. The van der Waals surface area contributed by atoms with E-state index in [1.165, 1.54) is 0 Å². The number of esters is 1. The summed E-state index contributed by atoms with van der Waals surface area (Å²) in [6.07, 6.45) is 4.88. The third kappa shape index (κ3) is 3.48. The zero-order valence-corrected chi connectivity index (χ0v) is 8.75. The Hall–Kier alpha value is -0.860. The molecule has 1 fully saturated rings. The lowest BCUT2D eigenvalue weighted by atomic mass is 9.85. The van der Waals surface area contributed by atoms with E-state index in [0.29, 0.717) is 31.7 Å². The molecule has 3 nitrogen and oxygen atoms in total. The molecule has 0 heterocycles. The van der Waals surface area contributed by atoms with Gasteiger partial charge in [0.25, 0.3) is 0 Å².